The molecule has 8 nitrogen and oxygen atoms in total. The molecule has 0 saturated carbocycles. The van der Waals surface area contributed by atoms with Crippen LogP contribution in [0.1, 0.15) is 36.3 Å². The first kappa shape index (κ1) is 16.8. The fourth-order valence-electron chi connectivity index (χ4n) is 3.64. The van der Waals surface area contributed by atoms with Crippen molar-refractivity contribution in [1.82, 2.24) is 9.97 Å². The van der Waals surface area contributed by atoms with E-state index in [2.05, 4.69) is 15.3 Å². The summed E-state index contributed by atoms with van der Waals surface area (Å²) in [5.41, 5.74) is 6.58. The number of nitrogens with one attached hydrogen (secondary N) is 2. The van der Waals surface area contributed by atoms with Crippen LogP contribution in [-0.4, -0.2) is 34.9 Å². The summed E-state index contributed by atoms with van der Waals surface area (Å²) in [5, 5.41) is 6.62. The highest BCUT2D eigenvalue weighted by Gasteiger charge is 2.32. The smallest absolute Gasteiger partial charge is 0.258 e. The Balaban J connectivity index is 1.66. The maximum atomic E-state index is 12.8. The summed E-state index contributed by atoms with van der Waals surface area (Å²) in [6, 6.07) is 1.93. The number of H-pyrrole nitrogens is 1. The molecule has 1 fully saturated rings. The first-order chi connectivity index (χ1) is 12.5. The molecule has 2 aliphatic rings. The third kappa shape index (κ3) is 2.98. The molecular weight excluding hydrogens is 354 g/mol. The van der Waals surface area contributed by atoms with Crippen molar-refractivity contribution >= 4 is 34.9 Å². The summed E-state index contributed by atoms with van der Waals surface area (Å²) in [6.07, 6.45) is 1.48. The van der Waals surface area contributed by atoms with Crippen molar-refractivity contribution in [3.63, 3.8) is 0 Å². The summed E-state index contributed by atoms with van der Waals surface area (Å²) in [5.74, 6) is -0.113. The zero-order chi connectivity index (χ0) is 18.3. The quantitative estimate of drug-likeness (QED) is 0.741. The molecule has 0 bridgehead atoms. The van der Waals surface area contributed by atoms with E-state index in [1.807, 2.05) is 21.7 Å². The number of nitrogens with two attached hydrogens (primary N) is 1. The van der Waals surface area contributed by atoms with Gasteiger partial charge in [0.2, 0.25) is 17.8 Å². The third-order valence-corrected chi connectivity index (χ3v) is 5.78. The predicted octanol–water partition coefficient (Wildman–Crippen LogP) is 1.01. The average molecular weight is 373 g/mol. The molecule has 1 saturated heterocycles. The van der Waals surface area contributed by atoms with Crippen LogP contribution >= 0.6 is 11.3 Å². The Hall–Kier alpha value is -2.68. The molecule has 4 heterocycles. The Morgan fingerprint density at radius 1 is 1.31 bits per heavy atom. The molecule has 0 radical (unpaired) electrons. The van der Waals surface area contributed by atoms with Crippen molar-refractivity contribution < 1.29 is 9.59 Å². The summed E-state index contributed by atoms with van der Waals surface area (Å²) in [7, 11) is 0. The van der Waals surface area contributed by atoms with Gasteiger partial charge in [-0.15, -0.1) is 0 Å². The highest BCUT2D eigenvalue weighted by molar-refractivity contribution is 7.08. The lowest BCUT2D eigenvalue weighted by molar-refractivity contribution is -0.122. The molecule has 136 valence electrons. The van der Waals surface area contributed by atoms with Crippen molar-refractivity contribution in [3.8, 4) is 0 Å². The van der Waals surface area contributed by atoms with Crippen LogP contribution in [-0.2, 0) is 9.59 Å². The van der Waals surface area contributed by atoms with Crippen molar-refractivity contribution in [2.75, 3.05) is 23.3 Å². The average Bonchev–Trinajstić information content (AvgIpc) is 3.15. The zero-order valence-electron chi connectivity index (χ0n) is 14.0. The molecule has 1 unspecified atom stereocenters. The van der Waals surface area contributed by atoms with Gasteiger partial charge in [-0.3, -0.25) is 19.4 Å². The Kier molecular flexibility index (Phi) is 4.23. The first-order valence-corrected chi connectivity index (χ1v) is 9.47. The van der Waals surface area contributed by atoms with Crippen molar-refractivity contribution in [2.45, 2.75) is 25.2 Å². The molecule has 0 aliphatic carbocycles. The van der Waals surface area contributed by atoms with Gasteiger partial charge in [0.25, 0.3) is 5.56 Å². The maximum absolute atomic E-state index is 12.8. The number of fused-ring (bicyclic) bond motifs is 1. The van der Waals surface area contributed by atoms with E-state index in [4.69, 9.17) is 5.73 Å². The number of piperidine rings is 1. The number of primary amides is 1. The van der Waals surface area contributed by atoms with Crippen LogP contribution in [0.2, 0.25) is 0 Å². The molecule has 9 heteroatoms. The Morgan fingerprint density at radius 2 is 2.08 bits per heavy atom. The number of anilines is 2. The van der Waals surface area contributed by atoms with Crippen LogP contribution in [0.4, 0.5) is 11.8 Å². The second kappa shape index (κ2) is 6.56. The SMILES string of the molecule is NC(=O)C1CCN(c2nc3c(c(=O)[nH]2)C(c2ccsc2)CC(=O)N3)CC1. The van der Waals surface area contributed by atoms with Crippen LogP contribution in [0, 0.1) is 5.92 Å². The Morgan fingerprint density at radius 3 is 2.73 bits per heavy atom. The van der Waals surface area contributed by atoms with Crippen molar-refractivity contribution in [3.05, 3.63) is 38.3 Å². The molecule has 2 amide bonds. The summed E-state index contributed by atoms with van der Waals surface area (Å²) >= 11 is 1.53. The largest absolute Gasteiger partial charge is 0.369 e. The first-order valence-electron chi connectivity index (χ1n) is 8.53. The van der Waals surface area contributed by atoms with Gasteiger partial charge in [0.1, 0.15) is 5.82 Å². The predicted molar refractivity (Wildman–Crippen MR) is 98.4 cm³/mol. The number of hydrogen-bond acceptors (Lipinski definition) is 6. The van der Waals surface area contributed by atoms with Gasteiger partial charge in [0.15, 0.2) is 0 Å². The maximum Gasteiger partial charge on any atom is 0.258 e. The summed E-state index contributed by atoms with van der Waals surface area (Å²) in [6.45, 7) is 1.16. The van der Waals surface area contributed by atoms with E-state index < -0.39 is 0 Å². The number of amides is 2. The minimum atomic E-state index is -0.289. The topological polar surface area (TPSA) is 121 Å². The molecule has 4 N–H and O–H groups in total. The van der Waals surface area contributed by atoms with E-state index in [1.165, 1.54) is 11.3 Å². The van der Waals surface area contributed by atoms with E-state index in [0.717, 1.165) is 5.56 Å². The Labute approximate surface area is 153 Å². The highest BCUT2D eigenvalue weighted by Crippen LogP contribution is 2.35. The van der Waals surface area contributed by atoms with Gasteiger partial charge >= 0.3 is 0 Å². The number of aromatic amines is 1. The molecule has 0 aromatic carbocycles. The fourth-order valence-corrected chi connectivity index (χ4v) is 4.36. The van der Waals surface area contributed by atoms with E-state index in [-0.39, 0.29) is 35.6 Å². The number of carbonyl (C=O) groups excluding carboxylic acids is 2. The number of hydrogen-bond donors (Lipinski definition) is 3. The van der Waals surface area contributed by atoms with E-state index in [0.29, 0.717) is 43.3 Å². The minimum absolute atomic E-state index is 0.140. The van der Waals surface area contributed by atoms with Gasteiger partial charge in [-0.2, -0.15) is 16.3 Å². The number of rotatable bonds is 3. The lowest BCUT2D eigenvalue weighted by atomic mass is 9.88. The van der Waals surface area contributed by atoms with Crippen LogP contribution in [0.3, 0.4) is 0 Å². The zero-order valence-corrected chi connectivity index (χ0v) is 14.8. The number of nitrogens with zero attached hydrogens (tertiary/aromatic N) is 2. The number of thiophene rings is 1. The molecule has 2 aromatic rings. The summed E-state index contributed by atoms with van der Waals surface area (Å²) < 4.78 is 0. The molecule has 1 atom stereocenters. The van der Waals surface area contributed by atoms with Gasteiger partial charge in [-0.05, 0) is 35.2 Å². The lowest BCUT2D eigenvalue weighted by Gasteiger charge is -2.32. The van der Waals surface area contributed by atoms with Crippen LogP contribution < -0.4 is 21.5 Å². The van der Waals surface area contributed by atoms with Crippen molar-refractivity contribution in [1.29, 1.82) is 0 Å². The molecule has 2 aliphatic heterocycles. The number of carbonyl (C=O) groups is 2. The van der Waals surface area contributed by atoms with Gasteiger partial charge in [-0.1, -0.05) is 0 Å². The minimum Gasteiger partial charge on any atom is -0.369 e. The molecular formula is C17H19N5O3S. The van der Waals surface area contributed by atoms with Crippen LogP contribution in [0.5, 0.6) is 0 Å². The monoisotopic (exact) mass is 373 g/mol. The van der Waals surface area contributed by atoms with Gasteiger partial charge in [0.05, 0.1) is 5.56 Å². The van der Waals surface area contributed by atoms with Gasteiger partial charge < -0.3 is 16.0 Å². The van der Waals surface area contributed by atoms with E-state index >= 15 is 0 Å². The molecule has 2 aromatic heterocycles. The van der Waals surface area contributed by atoms with E-state index in [9.17, 15) is 14.4 Å². The standard InChI is InChI=1S/C17H19N5O3S/c18-14(24)9-1-4-22(5-2-9)17-20-15-13(16(25)21-17)11(7-12(23)19-15)10-3-6-26-8-10/h3,6,8-9,11H,1-2,4-5,7H2,(H2,18,24)(H2,19,20,21,23,25). The second-order valence-electron chi connectivity index (χ2n) is 6.68. The Bertz CT molecular complexity index is 900. The van der Waals surface area contributed by atoms with E-state index in [1.54, 1.807) is 0 Å². The van der Waals surface area contributed by atoms with Gasteiger partial charge in [0, 0.05) is 31.3 Å². The van der Waals surface area contributed by atoms with Crippen LogP contribution in [0.25, 0.3) is 0 Å². The molecule has 4 rings (SSSR count). The van der Waals surface area contributed by atoms with Crippen LogP contribution in [0.15, 0.2) is 21.6 Å². The van der Waals surface area contributed by atoms with Gasteiger partial charge in [-0.25, -0.2) is 0 Å². The molecule has 0 spiro atoms. The summed E-state index contributed by atoms with van der Waals surface area (Å²) in [4.78, 5) is 45.5. The normalized spacial score (nSPS) is 20.5. The second-order valence-corrected chi connectivity index (χ2v) is 7.46. The van der Waals surface area contributed by atoms with Crippen molar-refractivity contribution in [2.24, 2.45) is 11.7 Å². The fraction of sp³-hybridized carbons (Fsp3) is 0.412. The lowest BCUT2D eigenvalue weighted by Crippen LogP contribution is -2.41. The third-order valence-electron chi connectivity index (χ3n) is 5.08. The highest BCUT2D eigenvalue weighted by atomic mass is 32.1. The number of aromatic nitrogens is 2. The molecule has 26 heavy (non-hydrogen) atoms.